The number of nitro benzene ring substituents is 1. The number of nitrogens with zero attached hydrogens (tertiary/aromatic N) is 2. The monoisotopic (exact) mass is 325 g/mol. The highest BCUT2D eigenvalue weighted by Crippen LogP contribution is 2.28. The van der Waals surface area contributed by atoms with Crippen molar-refractivity contribution in [3.05, 3.63) is 64.3 Å². The van der Waals surface area contributed by atoms with Gasteiger partial charge in [-0.3, -0.25) is 14.9 Å². The largest absolute Gasteiger partial charge is 0.506 e. The first-order chi connectivity index (χ1) is 11.5. The number of non-ortho nitro benzene ring substituents is 1. The van der Waals surface area contributed by atoms with E-state index in [9.17, 15) is 20.0 Å². The molecule has 3 aromatic rings. The Hall–Kier alpha value is -3.35. The average molecular weight is 325 g/mol. The topological polar surface area (TPSA) is 97.4 Å². The smallest absolute Gasteiger partial charge is 0.271 e. The minimum Gasteiger partial charge on any atom is -0.506 e. The van der Waals surface area contributed by atoms with Crippen molar-refractivity contribution in [1.29, 1.82) is 0 Å². The van der Waals surface area contributed by atoms with E-state index in [1.807, 2.05) is 42.1 Å². The van der Waals surface area contributed by atoms with E-state index >= 15 is 0 Å². The number of hydrogen-bond donors (Lipinski definition) is 2. The Morgan fingerprint density at radius 2 is 2.04 bits per heavy atom. The van der Waals surface area contributed by atoms with Gasteiger partial charge < -0.3 is 15.0 Å². The van der Waals surface area contributed by atoms with Crippen molar-refractivity contribution < 1.29 is 14.8 Å². The Bertz CT molecular complexity index is 946. The molecule has 1 heterocycles. The van der Waals surface area contributed by atoms with Crippen LogP contribution in [0.25, 0.3) is 10.9 Å². The van der Waals surface area contributed by atoms with E-state index in [4.69, 9.17) is 0 Å². The minimum absolute atomic E-state index is 0.0226. The van der Waals surface area contributed by atoms with Gasteiger partial charge in [0, 0.05) is 36.3 Å². The quantitative estimate of drug-likeness (QED) is 0.438. The fourth-order valence-electron chi connectivity index (χ4n) is 2.67. The summed E-state index contributed by atoms with van der Waals surface area (Å²) in [5.74, 6) is -0.575. The van der Waals surface area contributed by atoms with Gasteiger partial charge in [0.15, 0.2) is 0 Å². The van der Waals surface area contributed by atoms with E-state index in [0.29, 0.717) is 0 Å². The maximum atomic E-state index is 12.3. The van der Waals surface area contributed by atoms with Crippen molar-refractivity contribution in [2.24, 2.45) is 7.05 Å². The molecule has 122 valence electrons. The number of para-hydroxylation sites is 1. The third kappa shape index (κ3) is 2.91. The number of nitrogens with one attached hydrogen (secondary N) is 1. The molecule has 24 heavy (non-hydrogen) atoms. The van der Waals surface area contributed by atoms with Gasteiger partial charge in [0.1, 0.15) is 5.75 Å². The van der Waals surface area contributed by atoms with Gasteiger partial charge in [0.2, 0.25) is 5.91 Å². The molecule has 0 aliphatic rings. The van der Waals surface area contributed by atoms with Crippen molar-refractivity contribution in [3.63, 3.8) is 0 Å². The molecule has 0 atom stereocenters. The van der Waals surface area contributed by atoms with Gasteiger partial charge in [-0.15, -0.1) is 0 Å². The number of carbonyl (C=O) groups is 1. The van der Waals surface area contributed by atoms with Crippen LogP contribution in [0.2, 0.25) is 0 Å². The van der Waals surface area contributed by atoms with Gasteiger partial charge in [-0.25, -0.2) is 0 Å². The third-order valence-electron chi connectivity index (χ3n) is 3.80. The first kappa shape index (κ1) is 15.5. The highest BCUT2D eigenvalue weighted by Gasteiger charge is 2.15. The first-order valence-electron chi connectivity index (χ1n) is 7.26. The molecule has 0 radical (unpaired) electrons. The summed E-state index contributed by atoms with van der Waals surface area (Å²) >= 11 is 0. The molecule has 1 amide bonds. The number of aryl methyl sites for hydroxylation is 1. The van der Waals surface area contributed by atoms with Crippen LogP contribution in [0.1, 0.15) is 5.56 Å². The lowest BCUT2D eigenvalue weighted by Gasteiger charge is -2.07. The number of anilines is 1. The number of phenols is 1. The van der Waals surface area contributed by atoms with E-state index in [1.54, 1.807) is 0 Å². The normalized spacial score (nSPS) is 10.7. The van der Waals surface area contributed by atoms with Crippen molar-refractivity contribution >= 4 is 28.2 Å². The number of rotatable bonds is 4. The Morgan fingerprint density at radius 3 is 2.79 bits per heavy atom. The Kier molecular flexibility index (Phi) is 3.91. The SMILES string of the molecule is Cn1cc(CC(=O)Nc2cc([N+](=O)[O-])ccc2O)c2ccccc21. The molecule has 0 bridgehead atoms. The predicted octanol–water partition coefficient (Wildman–Crippen LogP) is 2.97. The van der Waals surface area contributed by atoms with Crippen molar-refractivity contribution in [2.45, 2.75) is 6.42 Å². The molecule has 7 nitrogen and oxygen atoms in total. The van der Waals surface area contributed by atoms with Crippen LogP contribution in [-0.4, -0.2) is 20.5 Å². The second-order valence-electron chi connectivity index (χ2n) is 5.47. The fraction of sp³-hybridized carbons (Fsp3) is 0.118. The first-order valence-corrected chi connectivity index (χ1v) is 7.26. The number of fused-ring (bicyclic) bond motifs is 1. The zero-order valence-corrected chi connectivity index (χ0v) is 12.9. The van der Waals surface area contributed by atoms with Crippen LogP contribution in [-0.2, 0) is 18.3 Å². The van der Waals surface area contributed by atoms with E-state index in [2.05, 4.69) is 5.32 Å². The lowest BCUT2D eigenvalue weighted by Crippen LogP contribution is -2.14. The third-order valence-corrected chi connectivity index (χ3v) is 3.80. The summed E-state index contributed by atoms with van der Waals surface area (Å²) in [5, 5.41) is 24.1. The highest BCUT2D eigenvalue weighted by atomic mass is 16.6. The Morgan fingerprint density at radius 1 is 1.29 bits per heavy atom. The lowest BCUT2D eigenvalue weighted by atomic mass is 10.1. The van der Waals surface area contributed by atoms with Crippen LogP contribution in [0.4, 0.5) is 11.4 Å². The number of aromatic hydroxyl groups is 1. The van der Waals surface area contributed by atoms with E-state index in [1.165, 1.54) is 12.1 Å². The zero-order chi connectivity index (χ0) is 17.3. The van der Waals surface area contributed by atoms with Crippen LogP contribution in [0.5, 0.6) is 5.75 Å². The molecule has 2 N–H and O–H groups in total. The van der Waals surface area contributed by atoms with Gasteiger partial charge in [0.25, 0.3) is 5.69 Å². The van der Waals surface area contributed by atoms with Crippen LogP contribution < -0.4 is 5.32 Å². The van der Waals surface area contributed by atoms with Crippen LogP contribution >= 0.6 is 0 Å². The summed E-state index contributed by atoms with van der Waals surface area (Å²) in [6.45, 7) is 0. The summed E-state index contributed by atoms with van der Waals surface area (Å²) in [6, 6.07) is 11.2. The van der Waals surface area contributed by atoms with E-state index in [0.717, 1.165) is 22.5 Å². The van der Waals surface area contributed by atoms with Gasteiger partial charge in [-0.05, 0) is 17.7 Å². The maximum absolute atomic E-state index is 12.3. The molecule has 0 aliphatic heterocycles. The number of benzene rings is 2. The number of amides is 1. The van der Waals surface area contributed by atoms with E-state index < -0.39 is 4.92 Å². The zero-order valence-electron chi connectivity index (χ0n) is 12.9. The molecule has 0 saturated carbocycles. The Balaban J connectivity index is 1.83. The van der Waals surface area contributed by atoms with Crippen molar-refractivity contribution in [2.75, 3.05) is 5.32 Å². The van der Waals surface area contributed by atoms with Gasteiger partial charge >= 0.3 is 0 Å². The summed E-state index contributed by atoms with van der Waals surface area (Å²) in [7, 11) is 1.90. The van der Waals surface area contributed by atoms with Crippen LogP contribution in [0.3, 0.4) is 0 Å². The summed E-state index contributed by atoms with van der Waals surface area (Å²) in [4.78, 5) is 22.5. The van der Waals surface area contributed by atoms with Gasteiger partial charge in [-0.2, -0.15) is 0 Å². The highest BCUT2D eigenvalue weighted by molar-refractivity contribution is 5.97. The van der Waals surface area contributed by atoms with Crippen LogP contribution in [0, 0.1) is 10.1 Å². The number of phenolic OH excluding ortho intramolecular Hbond substituents is 1. The molecule has 0 fully saturated rings. The molecule has 0 spiro atoms. The molecule has 1 aromatic heterocycles. The molecule has 2 aromatic carbocycles. The average Bonchev–Trinajstić information content (AvgIpc) is 2.86. The predicted molar refractivity (Wildman–Crippen MR) is 90.0 cm³/mol. The minimum atomic E-state index is -0.584. The number of aromatic nitrogens is 1. The molecular formula is C17H15N3O4. The molecule has 7 heteroatoms. The lowest BCUT2D eigenvalue weighted by molar-refractivity contribution is -0.384. The summed E-state index contributed by atoms with van der Waals surface area (Å²) < 4.78 is 1.93. The second-order valence-corrected chi connectivity index (χ2v) is 5.47. The van der Waals surface area contributed by atoms with Gasteiger partial charge in [-0.1, -0.05) is 18.2 Å². The molecular weight excluding hydrogens is 310 g/mol. The molecule has 3 rings (SSSR count). The Labute approximate surface area is 137 Å². The van der Waals surface area contributed by atoms with E-state index in [-0.39, 0.29) is 29.5 Å². The number of nitro groups is 1. The molecule has 0 saturated heterocycles. The number of hydrogen-bond acceptors (Lipinski definition) is 4. The molecule has 0 unspecified atom stereocenters. The fourth-order valence-corrected chi connectivity index (χ4v) is 2.67. The second kappa shape index (κ2) is 6.04. The van der Waals surface area contributed by atoms with Crippen molar-refractivity contribution in [3.8, 4) is 5.75 Å². The number of carbonyl (C=O) groups excluding carboxylic acids is 1. The molecule has 0 aliphatic carbocycles. The van der Waals surface area contributed by atoms with Crippen molar-refractivity contribution in [1.82, 2.24) is 4.57 Å². The summed E-state index contributed by atoms with van der Waals surface area (Å²) in [6.07, 6.45) is 1.97. The summed E-state index contributed by atoms with van der Waals surface area (Å²) in [5.41, 5.74) is 1.68. The van der Waals surface area contributed by atoms with Crippen LogP contribution in [0.15, 0.2) is 48.7 Å². The van der Waals surface area contributed by atoms with Gasteiger partial charge in [0.05, 0.1) is 17.0 Å². The standard InChI is InChI=1S/C17H15N3O4/c1-19-10-11(13-4-2-3-5-15(13)19)8-17(22)18-14-9-12(20(23)24)6-7-16(14)21/h2-7,9-10,21H,8H2,1H3,(H,18,22). The maximum Gasteiger partial charge on any atom is 0.271 e.